The van der Waals surface area contributed by atoms with Gasteiger partial charge in [-0.15, -0.1) is 0 Å². The minimum atomic E-state index is -0.856. The van der Waals surface area contributed by atoms with Crippen LogP contribution in [0.1, 0.15) is 18.4 Å². The number of nitrogens with one attached hydrogen (secondary N) is 2. The summed E-state index contributed by atoms with van der Waals surface area (Å²) in [5.74, 6) is 0.774. The fourth-order valence-electron chi connectivity index (χ4n) is 5.18. The summed E-state index contributed by atoms with van der Waals surface area (Å²) in [6.45, 7) is 2.78. The number of carbonyl (C=O) groups excluding carboxylic acids is 1. The van der Waals surface area contributed by atoms with Crippen LogP contribution in [0.25, 0.3) is 16.6 Å². The molecule has 44 heavy (non-hydrogen) atoms. The first-order valence-corrected chi connectivity index (χ1v) is 14.0. The van der Waals surface area contributed by atoms with E-state index in [-0.39, 0.29) is 11.7 Å². The van der Waals surface area contributed by atoms with Gasteiger partial charge < -0.3 is 24.8 Å². The zero-order chi connectivity index (χ0) is 30.8. The Hall–Kier alpha value is -5.30. The fraction of sp³-hybridized carbons (Fsp3) is 0.258. The number of aryl methyl sites for hydroxylation is 1. The highest BCUT2D eigenvalue weighted by atomic mass is 19.1. The van der Waals surface area contributed by atoms with Gasteiger partial charge in [0.2, 0.25) is 0 Å². The van der Waals surface area contributed by atoms with Crippen LogP contribution in [0.5, 0.6) is 23.0 Å². The van der Waals surface area contributed by atoms with Gasteiger partial charge >= 0.3 is 0 Å². The normalized spacial score (nSPS) is 15.5. The lowest BCUT2D eigenvalue weighted by Gasteiger charge is -2.17. The van der Waals surface area contributed by atoms with Crippen LogP contribution in [0.2, 0.25) is 0 Å². The van der Waals surface area contributed by atoms with E-state index >= 15 is 0 Å². The number of anilines is 3. The topological polar surface area (TPSA) is 128 Å². The van der Waals surface area contributed by atoms with Crippen LogP contribution in [0, 0.1) is 6.92 Å². The third-order valence-electron chi connectivity index (χ3n) is 7.57. The van der Waals surface area contributed by atoms with Crippen molar-refractivity contribution in [3.8, 4) is 23.0 Å². The van der Waals surface area contributed by atoms with E-state index in [1.54, 1.807) is 48.2 Å². The minimum Gasteiger partial charge on any atom is -0.494 e. The number of likely N-dealkylation sites (tertiary alicyclic amines) is 1. The maximum absolute atomic E-state index is 14.9. The van der Waals surface area contributed by atoms with E-state index in [4.69, 9.17) is 14.2 Å². The van der Waals surface area contributed by atoms with Crippen LogP contribution >= 0.6 is 0 Å². The molecule has 0 bridgehead atoms. The second kappa shape index (κ2) is 12.1. The summed E-state index contributed by atoms with van der Waals surface area (Å²) >= 11 is 0. The maximum Gasteiger partial charge on any atom is 0.284 e. The van der Waals surface area contributed by atoms with Crippen molar-refractivity contribution in [3.05, 3.63) is 72.7 Å². The van der Waals surface area contributed by atoms with Gasteiger partial charge in [-0.1, -0.05) is 0 Å². The second-order valence-electron chi connectivity index (χ2n) is 10.4. The van der Waals surface area contributed by atoms with Gasteiger partial charge in [-0.05, 0) is 63.2 Å². The van der Waals surface area contributed by atoms with Crippen LogP contribution in [0.15, 0.2) is 67.2 Å². The molecular weight excluding hydrogens is 567 g/mol. The molecule has 2 aromatic carbocycles. The molecule has 12 nitrogen and oxygen atoms in total. The first-order chi connectivity index (χ1) is 21.3. The summed E-state index contributed by atoms with van der Waals surface area (Å²) in [7, 11) is 4.94. The molecule has 1 atom stereocenters. The number of amides is 1. The van der Waals surface area contributed by atoms with Crippen molar-refractivity contribution < 1.29 is 23.4 Å². The molecule has 5 aromatic rings. The molecule has 226 valence electrons. The number of carbonyl (C=O) groups is 1. The monoisotopic (exact) mass is 598 g/mol. The number of aromatic nitrogens is 5. The van der Waals surface area contributed by atoms with Gasteiger partial charge in [0.05, 0.1) is 31.1 Å². The lowest BCUT2D eigenvalue weighted by Crippen LogP contribution is -2.24. The molecule has 6 rings (SSSR count). The number of halogens is 1. The smallest absolute Gasteiger partial charge is 0.284 e. The van der Waals surface area contributed by atoms with Crippen LogP contribution in [-0.2, 0) is 4.79 Å². The predicted molar refractivity (Wildman–Crippen MR) is 164 cm³/mol. The van der Waals surface area contributed by atoms with Crippen LogP contribution < -0.4 is 24.8 Å². The van der Waals surface area contributed by atoms with Crippen molar-refractivity contribution in [1.29, 1.82) is 0 Å². The molecule has 1 fully saturated rings. The molecule has 0 saturated carbocycles. The molecule has 13 heteroatoms. The highest BCUT2D eigenvalue weighted by Gasteiger charge is 2.22. The Balaban J connectivity index is 1.28. The Labute approximate surface area is 252 Å². The van der Waals surface area contributed by atoms with E-state index in [0.717, 1.165) is 24.9 Å². The van der Waals surface area contributed by atoms with Crippen LogP contribution in [0.3, 0.4) is 0 Å². The van der Waals surface area contributed by atoms with Gasteiger partial charge in [0.1, 0.15) is 41.5 Å². The summed E-state index contributed by atoms with van der Waals surface area (Å²) < 4.78 is 33.8. The first-order valence-electron chi connectivity index (χ1n) is 14.0. The molecule has 0 spiro atoms. The van der Waals surface area contributed by atoms with Gasteiger partial charge in [0.15, 0.2) is 11.5 Å². The molecule has 1 amide bonds. The Morgan fingerprint density at radius 2 is 1.84 bits per heavy atom. The number of likely N-dealkylation sites (N-methyl/N-ethyl adjacent to an activating group) is 1. The van der Waals surface area contributed by atoms with Gasteiger partial charge in [0.25, 0.3) is 5.91 Å². The van der Waals surface area contributed by atoms with Gasteiger partial charge in [0, 0.05) is 35.8 Å². The fourth-order valence-corrected chi connectivity index (χ4v) is 5.18. The molecule has 1 unspecified atom stereocenters. The number of nitrogens with zero attached hydrogens (tertiary/aromatic N) is 6. The molecule has 0 radical (unpaired) electrons. The van der Waals surface area contributed by atoms with Crippen molar-refractivity contribution in [2.24, 2.45) is 0 Å². The summed E-state index contributed by atoms with van der Waals surface area (Å²) in [4.78, 5) is 27.8. The van der Waals surface area contributed by atoms with Gasteiger partial charge in [-0.25, -0.2) is 23.9 Å². The quantitative estimate of drug-likeness (QED) is 0.212. The third kappa shape index (κ3) is 5.81. The number of benzene rings is 2. The van der Waals surface area contributed by atoms with E-state index < -0.39 is 11.7 Å². The molecule has 1 aliphatic rings. The van der Waals surface area contributed by atoms with E-state index in [9.17, 15) is 9.18 Å². The maximum atomic E-state index is 14.9. The Kier molecular flexibility index (Phi) is 7.94. The zero-order valence-electron chi connectivity index (χ0n) is 24.7. The molecular formula is C31H31FN8O4. The zero-order valence-corrected chi connectivity index (χ0v) is 24.7. The lowest BCUT2D eigenvalue weighted by molar-refractivity contribution is -0.114. The Morgan fingerprint density at radius 3 is 2.61 bits per heavy atom. The number of hydrogen-bond acceptors (Lipinski definition) is 10. The number of ether oxygens (including phenoxy) is 3. The average molecular weight is 599 g/mol. The second-order valence-corrected chi connectivity index (χ2v) is 10.4. The molecule has 2 N–H and O–H groups in total. The molecule has 0 aliphatic carbocycles. The average Bonchev–Trinajstić information content (AvgIpc) is 3.66. The number of rotatable bonds is 9. The number of hydrogen-bond donors (Lipinski definition) is 2. The SMILES string of the molecule is COc1cc2ncnc(Nc3cc(C)c(Oc4ccn5ncnc5c4)cc3OC)c2cc1NC(=O)C(F)=CC1CCCN1C. The van der Waals surface area contributed by atoms with E-state index in [1.165, 1.54) is 25.8 Å². The van der Waals surface area contributed by atoms with Crippen molar-refractivity contribution in [1.82, 2.24) is 29.5 Å². The summed E-state index contributed by atoms with van der Waals surface area (Å²) in [6.07, 6.45) is 7.79. The molecule has 4 heterocycles. The van der Waals surface area contributed by atoms with Gasteiger partial charge in [-0.2, -0.15) is 5.10 Å². The van der Waals surface area contributed by atoms with Crippen LogP contribution in [-0.4, -0.2) is 69.2 Å². The predicted octanol–water partition coefficient (Wildman–Crippen LogP) is 5.42. The Morgan fingerprint density at radius 1 is 1.02 bits per heavy atom. The lowest BCUT2D eigenvalue weighted by atomic mass is 10.1. The van der Waals surface area contributed by atoms with Crippen molar-refractivity contribution >= 4 is 39.6 Å². The van der Waals surface area contributed by atoms with Crippen molar-refractivity contribution in [3.63, 3.8) is 0 Å². The highest BCUT2D eigenvalue weighted by molar-refractivity contribution is 6.05. The van der Waals surface area contributed by atoms with Crippen molar-refractivity contribution in [2.75, 3.05) is 38.4 Å². The van der Waals surface area contributed by atoms with Crippen LogP contribution in [0.4, 0.5) is 21.6 Å². The number of pyridine rings is 1. The summed E-state index contributed by atoms with van der Waals surface area (Å²) in [5.41, 5.74) is 2.95. The minimum absolute atomic E-state index is 0.115. The largest absolute Gasteiger partial charge is 0.494 e. The van der Waals surface area contributed by atoms with E-state index in [1.807, 2.05) is 24.9 Å². The summed E-state index contributed by atoms with van der Waals surface area (Å²) in [6, 6.07) is 10.4. The Bertz CT molecular complexity index is 1890. The molecule has 1 aliphatic heterocycles. The first kappa shape index (κ1) is 28.8. The van der Waals surface area contributed by atoms with E-state index in [2.05, 4.69) is 30.7 Å². The number of fused-ring (bicyclic) bond motifs is 2. The van der Waals surface area contributed by atoms with Gasteiger partial charge in [-0.3, -0.25) is 9.69 Å². The van der Waals surface area contributed by atoms with Crippen molar-refractivity contribution in [2.45, 2.75) is 25.8 Å². The summed E-state index contributed by atoms with van der Waals surface area (Å²) in [5, 5.41) is 10.6. The third-order valence-corrected chi connectivity index (χ3v) is 7.57. The molecule has 1 saturated heterocycles. The number of methoxy groups -OCH3 is 2. The standard InChI is InChI=1S/C31H31FN8O4/c1-18-10-24(28(43-4)15-26(18)44-20-7-9-40-29(12-20)34-17-36-40)37-30-21-13-25(27(42-3)14-23(21)33-16-35-30)38-31(41)22(32)11-19-6-5-8-39(19)2/h7,9-17,19H,5-6,8H2,1-4H3,(H,38,41)(H,33,35,37). The molecule has 3 aromatic heterocycles. The van der Waals surface area contributed by atoms with E-state index in [0.29, 0.717) is 51.1 Å². The highest BCUT2D eigenvalue weighted by Crippen LogP contribution is 2.39.